The van der Waals surface area contributed by atoms with E-state index >= 15 is 0 Å². The van der Waals surface area contributed by atoms with Gasteiger partial charge in [-0.2, -0.15) is 0 Å². The molecule has 1 unspecified atom stereocenters. The van der Waals surface area contributed by atoms with Crippen molar-refractivity contribution in [2.75, 3.05) is 32.5 Å². The third-order valence-electron chi connectivity index (χ3n) is 2.88. The van der Waals surface area contributed by atoms with Crippen LogP contribution >= 0.6 is 11.8 Å². The molecule has 1 aliphatic rings. The molecular weight excluding hydrogens is 234 g/mol. The van der Waals surface area contributed by atoms with Crippen LogP contribution in [0.2, 0.25) is 0 Å². The van der Waals surface area contributed by atoms with Gasteiger partial charge in [-0.1, -0.05) is 12.1 Å². The Morgan fingerprint density at radius 2 is 2.18 bits per heavy atom. The molecular formula is C13H19NO2S. The van der Waals surface area contributed by atoms with Gasteiger partial charge in [-0.3, -0.25) is 0 Å². The third-order valence-corrected chi connectivity index (χ3v) is 4.03. The van der Waals surface area contributed by atoms with Crippen molar-refractivity contribution in [3.8, 4) is 0 Å². The van der Waals surface area contributed by atoms with Gasteiger partial charge in [-0.15, -0.1) is 11.8 Å². The largest absolute Gasteiger partial charge is 0.392 e. The second kappa shape index (κ2) is 6.40. The Morgan fingerprint density at radius 1 is 1.41 bits per heavy atom. The molecule has 0 radical (unpaired) electrons. The number of benzene rings is 1. The van der Waals surface area contributed by atoms with E-state index in [1.54, 1.807) is 0 Å². The van der Waals surface area contributed by atoms with Crippen LogP contribution in [0.1, 0.15) is 5.56 Å². The number of hydrogen-bond acceptors (Lipinski definition) is 4. The molecule has 0 spiro atoms. The van der Waals surface area contributed by atoms with Crippen molar-refractivity contribution in [3.63, 3.8) is 0 Å². The number of aliphatic hydroxyl groups is 1. The van der Waals surface area contributed by atoms with Crippen LogP contribution in [0.25, 0.3) is 0 Å². The summed E-state index contributed by atoms with van der Waals surface area (Å²) in [6.07, 6.45) is 0.330. The Labute approximate surface area is 107 Å². The fourth-order valence-electron chi connectivity index (χ4n) is 1.85. The molecule has 0 aliphatic carbocycles. The molecule has 1 saturated heterocycles. The molecule has 4 heteroatoms. The molecule has 1 N–H and O–H groups in total. The number of ether oxygens (including phenoxy) is 1. The summed E-state index contributed by atoms with van der Waals surface area (Å²) in [5.74, 6) is 0.989. The van der Waals surface area contributed by atoms with Gasteiger partial charge in [0.05, 0.1) is 19.3 Å². The van der Waals surface area contributed by atoms with Gasteiger partial charge in [0.1, 0.15) is 0 Å². The highest BCUT2D eigenvalue weighted by molar-refractivity contribution is 7.99. The van der Waals surface area contributed by atoms with Crippen LogP contribution in [0.15, 0.2) is 29.2 Å². The minimum atomic E-state index is 0.113. The molecule has 1 atom stereocenters. The average molecular weight is 253 g/mol. The number of morpholine rings is 1. The zero-order valence-electron chi connectivity index (χ0n) is 10.1. The van der Waals surface area contributed by atoms with E-state index in [-0.39, 0.29) is 6.61 Å². The highest BCUT2D eigenvalue weighted by atomic mass is 32.2. The van der Waals surface area contributed by atoms with Gasteiger partial charge in [0.25, 0.3) is 0 Å². The quantitative estimate of drug-likeness (QED) is 0.826. The fourth-order valence-corrected chi connectivity index (χ4v) is 2.76. The van der Waals surface area contributed by atoms with Gasteiger partial charge in [0.2, 0.25) is 0 Å². The summed E-state index contributed by atoms with van der Waals surface area (Å²) >= 11 is 1.81. The molecule has 1 heterocycles. The molecule has 0 aromatic heterocycles. The predicted octanol–water partition coefficient (Wildman–Crippen LogP) is 1.60. The topological polar surface area (TPSA) is 32.7 Å². The van der Waals surface area contributed by atoms with Crippen LogP contribution in [0, 0.1) is 0 Å². The highest BCUT2D eigenvalue weighted by Gasteiger charge is 2.17. The van der Waals surface area contributed by atoms with Crippen molar-refractivity contribution in [3.05, 3.63) is 29.8 Å². The van der Waals surface area contributed by atoms with Crippen LogP contribution in [-0.2, 0) is 11.3 Å². The van der Waals surface area contributed by atoms with Gasteiger partial charge < -0.3 is 14.7 Å². The first-order chi connectivity index (χ1) is 8.28. The van der Waals surface area contributed by atoms with Gasteiger partial charge in [-0.05, 0) is 24.7 Å². The first-order valence-electron chi connectivity index (χ1n) is 5.90. The smallest absolute Gasteiger partial charge is 0.0796 e. The molecule has 2 rings (SSSR count). The standard InChI is InChI=1S/C13H19NO2S/c1-14-6-7-16-12(8-14)10-17-13-4-2-11(9-15)3-5-13/h2-5,12,15H,6-10H2,1H3. The maximum absolute atomic E-state index is 8.96. The van der Waals surface area contributed by atoms with Crippen molar-refractivity contribution in [2.45, 2.75) is 17.6 Å². The minimum Gasteiger partial charge on any atom is -0.392 e. The molecule has 3 nitrogen and oxygen atoms in total. The summed E-state index contributed by atoms with van der Waals surface area (Å²) < 4.78 is 5.71. The van der Waals surface area contributed by atoms with Crippen LogP contribution in [0.4, 0.5) is 0 Å². The maximum Gasteiger partial charge on any atom is 0.0796 e. The Morgan fingerprint density at radius 3 is 2.82 bits per heavy atom. The first-order valence-corrected chi connectivity index (χ1v) is 6.89. The predicted molar refractivity (Wildman–Crippen MR) is 70.3 cm³/mol. The molecule has 1 aromatic carbocycles. The number of thioether (sulfide) groups is 1. The third kappa shape index (κ3) is 4.00. The molecule has 0 saturated carbocycles. The molecule has 1 aromatic rings. The SMILES string of the molecule is CN1CCOC(CSc2ccc(CO)cc2)C1. The Balaban J connectivity index is 1.80. The number of nitrogens with zero attached hydrogens (tertiary/aromatic N) is 1. The van der Waals surface area contributed by atoms with Crippen LogP contribution in [0.3, 0.4) is 0 Å². The highest BCUT2D eigenvalue weighted by Crippen LogP contribution is 2.21. The zero-order chi connectivity index (χ0) is 12.1. The average Bonchev–Trinajstić information content (AvgIpc) is 2.37. The van der Waals surface area contributed by atoms with Gasteiger partial charge in [0, 0.05) is 23.7 Å². The van der Waals surface area contributed by atoms with Crippen LogP contribution < -0.4 is 0 Å². The number of hydrogen-bond donors (Lipinski definition) is 1. The molecule has 0 bridgehead atoms. The Kier molecular flexibility index (Phi) is 4.86. The second-order valence-electron chi connectivity index (χ2n) is 4.37. The minimum absolute atomic E-state index is 0.113. The summed E-state index contributed by atoms with van der Waals surface area (Å²) in [7, 11) is 2.14. The summed E-state index contributed by atoms with van der Waals surface area (Å²) in [6, 6.07) is 8.05. The van der Waals surface area contributed by atoms with E-state index in [9.17, 15) is 0 Å². The van der Waals surface area contributed by atoms with E-state index in [0.29, 0.717) is 6.10 Å². The lowest BCUT2D eigenvalue weighted by molar-refractivity contribution is -0.00598. The normalized spacial score (nSPS) is 21.6. The zero-order valence-corrected chi connectivity index (χ0v) is 10.9. The summed E-state index contributed by atoms with van der Waals surface area (Å²) in [4.78, 5) is 3.54. The van der Waals surface area contributed by atoms with Crippen molar-refractivity contribution >= 4 is 11.8 Å². The van der Waals surface area contributed by atoms with E-state index in [0.717, 1.165) is 31.0 Å². The van der Waals surface area contributed by atoms with Crippen LogP contribution in [-0.4, -0.2) is 48.6 Å². The second-order valence-corrected chi connectivity index (χ2v) is 5.46. The monoisotopic (exact) mass is 253 g/mol. The van der Waals surface area contributed by atoms with Crippen molar-refractivity contribution in [2.24, 2.45) is 0 Å². The Hall–Kier alpha value is -0.550. The van der Waals surface area contributed by atoms with E-state index in [4.69, 9.17) is 9.84 Å². The molecule has 1 fully saturated rings. The van der Waals surface area contributed by atoms with Gasteiger partial charge in [0.15, 0.2) is 0 Å². The van der Waals surface area contributed by atoms with E-state index in [1.807, 2.05) is 23.9 Å². The number of aliphatic hydroxyl groups excluding tert-OH is 1. The van der Waals surface area contributed by atoms with Crippen LogP contribution in [0.5, 0.6) is 0 Å². The van der Waals surface area contributed by atoms with Gasteiger partial charge >= 0.3 is 0 Å². The summed E-state index contributed by atoms with van der Waals surface area (Å²) in [5, 5.41) is 8.96. The fraction of sp³-hybridized carbons (Fsp3) is 0.538. The van der Waals surface area contributed by atoms with E-state index in [2.05, 4.69) is 24.1 Å². The molecule has 1 aliphatic heterocycles. The lowest BCUT2D eigenvalue weighted by atomic mass is 10.2. The maximum atomic E-state index is 8.96. The lowest BCUT2D eigenvalue weighted by Gasteiger charge is -2.29. The number of likely N-dealkylation sites (N-methyl/N-ethyl adjacent to an activating group) is 1. The molecule has 0 amide bonds. The Bertz CT molecular complexity index is 342. The molecule has 17 heavy (non-hydrogen) atoms. The van der Waals surface area contributed by atoms with Crippen molar-refractivity contribution < 1.29 is 9.84 Å². The van der Waals surface area contributed by atoms with Crippen molar-refractivity contribution in [1.29, 1.82) is 0 Å². The van der Waals surface area contributed by atoms with Gasteiger partial charge in [-0.25, -0.2) is 0 Å². The molecule has 94 valence electrons. The number of rotatable bonds is 4. The van der Waals surface area contributed by atoms with E-state index in [1.165, 1.54) is 4.90 Å². The van der Waals surface area contributed by atoms with Crippen molar-refractivity contribution in [1.82, 2.24) is 4.90 Å². The lowest BCUT2D eigenvalue weighted by Crippen LogP contribution is -2.41. The summed E-state index contributed by atoms with van der Waals surface area (Å²) in [5.41, 5.74) is 0.961. The summed E-state index contributed by atoms with van der Waals surface area (Å²) in [6.45, 7) is 3.00. The first kappa shape index (κ1) is 12.9. The van der Waals surface area contributed by atoms with E-state index < -0.39 is 0 Å².